The second-order valence-electron chi connectivity index (χ2n) is 6.29. The SMILES string of the molecule is O=C(O)/C=C/c1cccc(-c2cccc(N3CCC(CO)CC3)n2)c1. The molecule has 5 heteroatoms. The zero-order valence-corrected chi connectivity index (χ0v) is 14.0. The van der Waals surface area contributed by atoms with Gasteiger partial charge >= 0.3 is 5.97 Å². The number of aromatic nitrogens is 1. The Bertz CT molecular complexity index is 765. The molecule has 3 rings (SSSR count). The summed E-state index contributed by atoms with van der Waals surface area (Å²) in [7, 11) is 0. The van der Waals surface area contributed by atoms with E-state index >= 15 is 0 Å². The molecule has 0 bridgehead atoms. The number of carbonyl (C=O) groups is 1. The molecule has 1 aromatic carbocycles. The Labute approximate surface area is 147 Å². The second-order valence-corrected chi connectivity index (χ2v) is 6.29. The molecule has 1 aliphatic heterocycles. The van der Waals surface area contributed by atoms with Gasteiger partial charge in [0.25, 0.3) is 0 Å². The highest BCUT2D eigenvalue weighted by Gasteiger charge is 2.19. The number of hydrogen-bond acceptors (Lipinski definition) is 4. The molecule has 2 N–H and O–H groups in total. The summed E-state index contributed by atoms with van der Waals surface area (Å²) in [6, 6.07) is 13.6. The number of aliphatic carboxylic acids is 1. The van der Waals surface area contributed by atoms with E-state index in [1.807, 2.05) is 42.5 Å². The van der Waals surface area contributed by atoms with Gasteiger partial charge in [-0.1, -0.05) is 24.3 Å². The number of pyridine rings is 1. The zero-order chi connectivity index (χ0) is 17.6. The third-order valence-corrected chi connectivity index (χ3v) is 4.53. The van der Waals surface area contributed by atoms with E-state index < -0.39 is 5.97 Å². The fraction of sp³-hybridized carbons (Fsp3) is 0.300. The lowest BCUT2D eigenvalue weighted by Gasteiger charge is -2.32. The van der Waals surface area contributed by atoms with Crippen LogP contribution in [0.2, 0.25) is 0 Å². The molecule has 130 valence electrons. The minimum absolute atomic E-state index is 0.262. The molecule has 1 aromatic heterocycles. The van der Waals surface area contributed by atoms with Crippen LogP contribution in [-0.2, 0) is 4.79 Å². The number of nitrogens with zero attached hydrogens (tertiary/aromatic N) is 2. The molecule has 0 saturated carbocycles. The molecule has 1 fully saturated rings. The first kappa shape index (κ1) is 17.2. The van der Waals surface area contributed by atoms with E-state index in [2.05, 4.69) is 4.90 Å². The standard InChI is InChI=1S/C20H22N2O3/c23-14-16-9-11-22(12-10-16)19-6-2-5-18(21-19)17-4-1-3-15(13-17)7-8-20(24)25/h1-8,13,16,23H,9-12,14H2,(H,24,25)/b8-7+. The number of aliphatic hydroxyl groups excluding tert-OH is 1. The third-order valence-electron chi connectivity index (χ3n) is 4.53. The lowest BCUT2D eigenvalue weighted by atomic mass is 9.98. The highest BCUT2D eigenvalue weighted by molar-refractivity contribution is 5.85. The van der Waals surface area contributed by atoms with Crippen LogP contribution in [0, 0.1) is 5.92 Å². The van der Waals surface area contributed by atoms with Crippen molar-refractivity contribution >= 4 is 17.9 Å². The van der Waals surface area contributed by atoms with E-state index in [1.165, 1.54) is 0 Å². The molecule has 2 heterocycles. The van der Waals surface area contributed by atoms with Crippen LogP contribution in [0.1, 0.15) is 18.4 Å². The Morgan fingerprint density at radius 3 is 2.68 bits per heavy atom. The highest BCUT2D eigenvalue weighted by atomic mass is 16.4. The number of aliphatic hydroxyl groups is 1. The summed E-state index contributed by atoms with van der Waals surface area (Å²) < 4.78 is 0. The molecular formula is C20H22N2O3. The van der Waals surface area contributed by atoms with E-state index in [4.69, 9.17) is 10.1 Å². The van der Waals surface area contributed by atoms with Crippen molar-refractivity contribution in [2.75, 3.05) is 24.6 Å². The maximum atomic E-state index is 10.7. The summed E-state index contributed by atoms with van der Waals surface area (Å²) in [6.07, 6.45) is 4.68. The van der Waals surface area contributed by atoms with Crippen LogP contribution in [-0.4, -0.2) is 40.9 Å². The molecule has 1 aliphatic rings. The number of anilines is 1. The van der Waals surface area contributed by atoms with Crippen molar-refractivity contribution < 1.29 is 15.0 Å². The summed E-state index contributed by atoms with van der Waals surface area (Å²) in [5.74, 6) is 0.384. The van der Waals surface area contributed by atoms with Gasteiger partial charge in [0.15, 0.2) is 0 Å². The number of carboxylic acids is 1. The molecule has 1 saturated heterocycles. The number of rotatable bonds is 5. The quantitative estimate of drug-likeness (QED) is 0.820. The minimum atomic E-state index is -0.961. The maximum absolute atomic E-state index is 10.7. The molecule has 0 radical (unpaired) electrons. The zero-order valence-electron chi connectivity index (χ0n) is 14.0. The van der Waals surface area contributed by atoms with Crippen molar-refractivity contribution in [1.82, 2.24) is 4.98 Å². The fourth-order valence-corrected chi connectivity index (χ4v) is 3.07. The van der Waals surface area contributed by atoms with E-state index in [1.54, 1.807) is 6.08 Å². The predicted molar refractivity (Wildman–Crippen MR) is 98.4 cm³/mol. The molecule has 0 spiro atoms. The summed E-state index contributed by atoms with van der Waals surface area (Å²) in [6.45, 7) is 2.07. The van der Waals surface area contributed by atoms with Crippen LogP contribution in [0.4, 0.5) is 5.82 Å². The predicted octanol–water partition coefficient (Wildman–Crippen LogP) is 3.06. The van der Waals surface area contributed by atoms with Crippen LogP contribution in [0.3, 0.4) is 0 Å². The Morgan fingerprint density at radius 2 is 1.96 bits per heavy atom. The van der Waals surface area contributed by atoms with E-state index in [-0.39, 0.29) is 6.61 Å². The fourth-order valence-electron chi connectivity index (χ4n) is 3.07. The molecule has 25 heavy (non-hydrogen) atoms. The first-order valence-electron chi connectivity index (χ1n) is 8.50. The van der Waals surface area contributed by atoms with Gasteiger partial charge in [0, 0.05) is 31.3 Å². The van der Waals surface area contributed by atoms with Gasteiger partial charge in [-0.3, -0.25) is 0 Å². The van der Waals surface area contributed by atoms with Crippen LogP contribution < -0.4 is 4.90 Å². The van der Waals surface area contributed by atoms with E-state index in [0.29, 0.717) is 5.92 Å². The summed E-state index contributed by atoms with van der Waals surface area (Å²) in [4.78, 5) is 17.7. The normalized spacial score (nSPS) is 15.6. The number of piperidine rings is 1. The monoisotopic (exact) mass is 338 g/mol. The van der Waals surface area contributed by atoms with Crippen molar-refractivity contribution in [1.29, 1.82) is 0 Å². The molecule has 0 atom stereocenters. The second kappa shape index (κ2) is 7.94. The van der Waals surface area contributed by atoms with Crippen LogP contribution in [0.5, 0.6) is 0 Å². The molecule has 0 aliphatic carbocycles. The summed E-state index contributed by atoms with van der Waals surface area (Å²) in [5.41, 5.74) is 2.66. The Morgan fingerprint density at radius 1 is 1.20 bits per heavy atom. The van der Waals surface area contributed by atoms with Crippen molar-refractivity contribution in [2.45, 2.75) is 12.8 Å². The smallest absolute Gasteiger partial charge is 0.328 e. The average Bonchev–Trinajstić information content (AvgIpc) is 2.67. The summed E-state index contributed by atoms with van der Waals surface area (Å²) >= 11 is 0. The Kier molecular flexibility index (Phi) is 5.46. The van der Waals surface area contributed by atoms with E-state index in [0.717, 1.165) is 54.6 Å². The minimum Gasteiger partial charge on any atom is -0.478 e. The van der Waals surface area contributed by atoms with Crippen molar-refractivity contribution in [3.63, 3.8) is 0 Å². The first-order chi connectivity index (χ1) is 12.2. The molecule has 2 aromatic rings. The van der Waals surface area contributed by atoms with Crippen LogP contribution in [0.15, 0.2) is 48.5 Å². The number of benzene rings is 1. The van der Waals surface area contributed by atoms with Gasteiger partial charge in [-0.2, -0.15) is 0 Å². The van der Waals surface area contributed by atoms with E-state index in [9.17, 15) is 9.90 Å². The lowest BCUT2D eigenvalue weighted by molar-refractivity contribution is -0.131. The maximum Gasteiger partial charge on any atom is 0.328 e. The molecule has 0 unspecified atom stereocenters. The molecule has 0 amide bonds. The largest absolute Gasteiger partial charge is 0.478 e. The van der Waals surface area contributed by atoms with Gasteiger partial charge in [-0.05, 0) is 48.6 Å². The summed E-state index contributed by atoms with van der Waals surface area (Å²) in [5, 5.41) is 18.0. The first-order valence-corrected chi connectivity index (χ1v) is 8.50. The van der Waals surface area contributed by atoms with Crippen molar-refractivity contribution in [3.8, 4) is 11.3 Å². The Balaban J connectivity index is 1.80. The van der Waals surface area contributed by atoms with Gasteiger partial charge in [0.2, 0.25) is 0 Å². The van der Waals surface area contributed by atoms with Gasteiger partial charge in [0.1, 0.15) is 5.82 Å². The Hall–Kier alpha value is -2.66. The van der Waals surface area contributed by atoms with Crippen LogP contribution in [0.25, 0.3) is 17.3 Å². The number of hydrogen-bond donors (Lipinski definition) is 2. The van der Waals surface area contributed by atoms with Gasteiger partial charge < -0.3 is 15.1 Å². The highest BCUT2D eigenvalue weighted by Crippen LogP contribution is 2.25. The number of carboxylic acid groups (broad SMARTS) is 1. The topological polar surface area (TPSA) is 73.7 Å². The lowest BCUT2D eigenvalue weighted by Crippen LogP contribution is -2.35. The van der Waals surface area contributed by atoms with Gasteiger partial charge in [-0.25, -0.2) is 9.78 Å². The molecular weight excluding hydrogens is 316 g/mol. The van der Waals surface area contributed by atoms with Gasteiger partial charge in [0.05, 0.1) is 5.69 Å². The average molecular weight is 338 g/mol. The van der Waals surface area contributed by atoms with Gasteiger partial charge in [-0.15, -0.1) is 0 Å². The van der Waals surface area contributed by atoms with Crippen LogP contribution >= 0.6 is 0 Å². The molecule has 5 nitrogen and oxygen atoms in total. The third kappa shape index (κ3) is 4.45. The van der Waals surface area contributed by atoms with Crippen molar-refractivity contribution in [2.24, 2.45) is 5.92 Å². The van der Waals surface area contributed by atoms with Crippen molar-refractivity contribution in [3.05, 3.63) is 54.1 Å².